The van der Waals surface area contributed by atoms with Gasteiger partial charge in [-0.25, -0.2) is 9.97 Å². The number of benzene rings is 2. The van der Waals surface area contributed by atoms with Crippen LogP contribution in [0.3, 0.4) is 0 Å². The number of halogens is 3. The van der Waals surface area contributed by atoms with Crippen molar-refractivity contribution in [2.75, 3.05) is 18.5 Å². The first-order valence-electron chi connectivity index (χ1n) is 12.1. The van der Waals surface area contributed by atoms with Gasteiger partial charge in [-0.2, -0.15) is 0 Å². The van der Waals surface area contributed by atoms with Gasteiger partial charge in [0.15, 0.2) is 5.16 Å². The molecule has 4 rings (SSSR count). The average Bonchev–Trinajstić information content (AvgIpc) is 2.88. The van der Waals surface area contributed by atoms with Crippen LogP contribution in [0.1, 0.15) is 53.6 Å². The predicted octanol–water partition coefficient (Wildman–Crippen LogP) is 7.47. The second-order valence-corrected chi connectivity index (χ2v) is 11.1. The largest absolute Gasteiger partial charge is 0.357 e. The van der Waals surface area contributed by atoms with Crippen LogP contribution >= 0.6 is 46.6 Å². The van der Waals surface area contributed by atoms with Gasteiger partial charge in [0.2, 0.25) is 0 Å². The minimum absolute atomic E-state index is 0.118. The maximum Gasteiger partial charge on any atom is 0.251 e. The molecule has 1 aliphatic rings. The molecular weight excluding hydrogens is 535 g/mol. The standard InChI is InChI=1S/C27H29Cl3N4OS/c1-34(22-5-3-2-4-6-22)25-16-24(30)32-27(33-25)36-17-18-7-9-20(10-8-18)26(35)31-14-13-19-11-12-21(28)15-23(19)29/h7-12,15-16,22H,2-6,13-14,17H2,1H3,(H,31,35). The third-order valence-electron chi connectivity index (χ3n) is 6.42. The number of nitrogens with zero attached hydrogens (tertiary/aromatic N) is 3. The highest BCUT2D eigenvalue weighted by Crippen LogP contribution is 2.29. The summed E-state index contributed by atoms with van der Waals surface area (Å²) in [5.74, 6) is 1.44. The molecule has 36 heavy (non-hydrogen) atoms. The highest BCUT2D eigenvalue weighted by atomic mass is 35.5. The van der Waals surface area contributed by atoms with E-state index >= 15 is 0 Å². The number of thioether (sulfide) groups is 1. The first-order chi connectivity index (χ1) is 17.4. The van der Waals surface area contributed by atoms with Crippen LogP contribution < -0.4 is 10.2 Å². The van der Waals surface area contributed by atoms with Crippen molar-refractivity contribution >= 4 is 58.3 Å². The quantitative estimate of drug-likeness (QED) is 0.166. The van der Waals surface area contributed by atoms with Crippen molar-refractivity contribution in [2.24, 2.45) is 0 Å². The summed E-state index contributed by atoms with van der Waals surface area (Å²) in [7, 11) is 2.09. The fourth-order valence-electron chi connectivity index (χ4n) is 4.32. The molecule has 0 radical (unpaired) electrons. The van der Waals surface area contributed by atoms with Crippen LogP contribution in [0.2, 0.25) is 15.2 Å². The molecule has 1 amide bonds. The van der Waals surface area contributed by atoms with E-state index in [0.29, 0.717) is 50.7 Å². The normalized spacial score (nSPS) is 14.0. The molecule has 0 atom stereocenters. The van der Waals surface area contributed by atoms with E-state index in [0.717, 1.165) is 16.9 Å². The van der Waals surface area contributed by atoms with Crippen molar-refractivity contribution in [2.45, 2.75) is 55.5 Å². The number of hydrogen-bond donors (Lipinski definition) is 1. The van der Waals surface area contributed by atoms with Gasteiger partial charge in [-0.05, 0) is 54.7 Å². The molecule has 2 aromatic carbocycles. The van der Waals surface area contributed by atoms with Crippen LogP contribution in [0.5, 0.6) is 0 Å². The minimum atomic E-state index is -0.118. The van der Waals surface area contributed by atoms with Gasteiger partial charge in [0.25, 0.3) is 5.91 Å². The average molecular weight is 564 g/mol. The Kier molecular flexibility index (Phi) is 9.77. The van der Waals surface area contributed by atoms with Crippen molar-refractivity contribution < 1.29 is 4.79 Å². The van der Waals surface area contributed by atoms with Crippen molar-refractivity contribution in [3.63, 3.8) is 0 Å². The monoisotopic (exact) mass is 562 g/mol. The summed E-state index contributed by atoms with van der Waals surface area (Å²) >= 11 is 20.0. The molecule has 0 spiro atoms. The van der Waals surface area contributed by atoms with E-state index < -0.39 is 0 Å². The van der Waals surface area contributed by atoms with Crippen LogP contribution in [0.25, 0.3) is 0 Å². The van der Waals surface area contributed by atoms with Crippen LogP contribution in [0.15, 0.2) is 53.7 Å². The summed E-state index contributed by atoms with van der Waals surface area (Å²) in [6.45, 7) is 0.488. The predicted molar refractivity (Wildman–Crippen MR) is 151 cm³/mol. The van der Waals surface area contributed by atoms with E-state index in [9.17, 15) is 4.79 Å². The van der Waals surface area contributed by atoms with Gasteiger partial charge in [0, 0.05) is 47.1 Å². The van der Waals surface area contributed by atoms with E-state index in [-0.39, 0.29) is 5.91 Å². The van der Waals surface area contributed by atoms with E-state index in [1.54, 1.807) is 12.1 Å². The third kappa shape index (κ3) is 7.51. The van der Waals surface area contributed by atoms with E-state index in [4.69, 9.17) is 39.8 Å². The Labute approximate surface area is 231 Å². The van der Waals surface area contributed by atoms with Crippen LogP contribution in [0.4, 0.5) is 5.82 Å². The molecule has 0 aliphatic heterocycles. The lowest BCUT2D eigenvalue weighted by molar-refractivity contribution is 0.0954. The Bertz CT molecular complexity index is 1190. The Morgan fingerprint density at radius 3 is 2.50 bits per heavy atom. The van der Waals surface area contributed by atoms with Gasteiger partial charge in [-0.3, -0.25) is 4.79 Å². The first-order valence-corrected chi connectivity index (χ1v) is 14.2. The lowest BCUT2D eigenvalue weighted by Crippen LogP contribution is -2.34. The van der Waals surface area contributed by atoms with Crippen LogP contribution in [-0.2, 0) is 12.2 Å². The number of nitrogens with one attached hydrogen (secondary N) is 1. The topological polar surface area (TPSA) is 58.1 Å². The molecule has 1 fully saturated rings. The van der Waals surface area contributed by atoms with Gasteiger partial charge in [0.1, 0.15) is 11.0 Å². The van der Waals surface area contributed by atoms with Gasteiger partial charge >= 0.3 is 0 Å². The van der Waals surface area contributed by atoms with Gasteiger partial charge in [-0.1, -0.05) is 84.0 Å². The molecule has 1 saturated carbocycles. The fourth-order valence-corrected chi connectivity index (χ4v) is 5.86. The number of rotatable bonds is 9. The summed E-state index contributed by atoms with van der Waals surface area (Å²) in [4.78, 5) is 23.9. The Balaban J connectivity index is 1.29. The molecule has 5 nitrogen and oxygen atoms in total. The van der Waals surface area contributed by atoms with Crippen LogP contribution in [-0.4, -0.2) is 35.5 Å². The number of carbonyl (C=O) groups excluding carboxylic acids is 1. The SMILES string of the molecule is CN(c1cc(Cl)nc(SCc2ccc(C(=O)NCCc3ccc(Cl)cc3Cl)cc2)n1)C1CCCCC1. The van der Waals surface area contributed by atoms with Crippen molar-refractivity contribution in [3.8, 4) is 0 Å². The summed E-state index contributed by atoms with van der Waals surface area (Å²) in [6.07, 6.45) is 6.85. The number of anilines is 1. The van der Waals surface area contributed by atoms with Crippen LogP contribution in [0, 0.1) is 0 Å². The number of amides is 1. The van der Waals surface area contributed by atoms with Crippen molar-refractivity contribution in [1.82, 2.24) is 15.3 Å². The number of aromatic nitrogens is 2. The molecule has 0 bridgehead atoms. The van der Waals surface area contributed by atoms with Crippen molar-refractivity contribution in [3.05, 3.63) is 80.4 Å². The first kappa shape index (κ1) is 27.1. The smallest absolute Gasteiger partial charge is 0.251 e. The molecule has 0 unspecified atom stereocenters. The second kappa shape index (κ2) is 13.0. The summed E-state index contributed by atoms with van der Waals surface area (Å²) in [5, 5.41) is 5.26. The molecule has 1 N–H and O–H groups in total. The van der Waals surface area contributed by atoms with Crippen molar-refractivity contribution in [1.29, 1.82) is 0 Å². The maximum absolute atomic E-state index is 12.5. The summed E-state index contributed by atoms with van der Waals surface area (Å²) in [5.41, 5.74) is 2.64. The lowest BCUT2D eigenvalue weighted by Gasteiger charge is -2.32. The molecule has 1 aromatic heterocycles. The number of hydrogen-bond acceptors (Lipinski definition) is 5. The Morgan fingerprint density at radius 2 is 1.78 bits per heavy atom. The molecule has 1 aliphatic carbocycles. The second-order valence-electron chi connectivity index (χ2n) is 8.96. The lowest BCUT2D eigenvalue weighted by atomic mass is 9.94. The zero-order chi connectivity index (χ0) is 25.5. The number of carbonyl (C=O) groups is 1. The van der Waals surface area contributed by atoms with E-state index in [2.05, 4.69) is 22.2 Å². The highest BCUT2D eigenvalue weighted by molar-refractivity contribution is 7.98. The maximum atomic E-state index is 12.5. The van der Waals surface area contributed by atoms with E-state index in [1.807, 2.05) is 36.4 Å². The third-order valence-corrected chi connectivity index (χ3v) is 8.12. The zero-order valence-corrected chi connectivity index (χ0v) is 23.2. The minimum Gasteiger partial charge on any atom is -0.357 e. The molecule has 9 heteroatoms. The molecule has 190 valence electrons. The zero-order valence-electron chi connectivity index (χ0n) is 20.1. The van der Waals surface area contributed by atoms with Gasteiger partial charge in [-0.15, -0.1) is 0 Å². The highest BCUT2D eigenvalue weighted by Gasteiger charge is 2.20. The molecule has 0 saturated heterocycles. The summed E-state index contributed by atoms with van der Waals surface area (Å²) < 4.78 is 0. The Morgan fingerprint density at radius 1 is 1.03 bits per heavy atom. The van der Waals surface area contributed by atoms with E-state index in [1.165, 1.54) is 43.9 Å². The van der Waals surface area contributed by atoms with Gasteiger partial charge in [0.05, 0.1) is 0 Å². The molecular formula is C27H29Cl3N4OS. The Hall–Kier alpha value is -1.99. The molecule has 1 heterocycles. The summed E-state index contributed by atoms with van der Waals surface area (Å²) in [6, 6.07) is 15.3. The molecule has 3 aromatic rings. The fraction of sp³-hybridized carbons (Fsp3) is 0.370. The van der Waals surface area contributed by atoms with Gasteiger partial charge < -0.3 is 10.2 Å².